The summed E-state index contributed by atoms with van der Waals surface area (Å²) in [5.41, 5.74) is 0.851. The monoisotopic (exact) mass is 736 g/mol. The van der Waals surface area contributed by atoms with E-state index in [1.807, 2.05) is 0 Å². The van der Waals surface area contributed by atoms with Gasteiger partial charge in [-0.15, -0.1) is 0 Å². The molecule has 0 spiro atoms. The second kappa shape index (κ2) is 14.8. The number of fused-ring (bicyclic) bond motifs is 2. The van der Waals surface area contributed by atoms with Crippen molar-refractivity contribution < 1.29 is 45.6 Å². The molecule has 0 saturated heterocycles. The van der Waals surface area contributed by atoms with Crippen LogP contribution in [0.4, 0.5) is 4.39 Å². The summed E-state index contributed by atoms with van der Waals surface area (Å²) in [5, 5.41) is 0.299. The van der Waals surface area contributed by atoms with Crippen molar-refractivity contribution >= 4 is 43.8 Å². The number of thioether (sulfide) groups is 1. The van der Waals surface area contributed by atoms with Crippen LogP contribution in [0.1, 0.15) is 6.42 Å². The zero-order valence-corrected chi connectivity index (χ0v) is 29.9. The molecule has 0 fully saturated rings. The Bertz CT molecular complexity index is 2390. The van der Waals surface area contributed by atoms with E-state index in [9.17, 15) is 17.6 Å². The van der Waals surface area contributed by atoms with Gasteiger partial charge in [0.1, 0.15) is 33.2 Å². The van der Waals surface area contributed by atoms with Gasteiger partial charge in [0.05, 0.1) is 53.2 Å². The Balaban J connectivity index is 1.34. The van der Waals surface area contributed by atoms with Gasteiger partial charge in [0.25, 0.3) is 10.0 Å². The number of aromatic nitrogens is 2. The van der Waals surface area contributed by atoms with E-state index in [1.54, 1.807) is 48.5 Å². The molecule has 0 N–H and O–H groups in total. The first-order chi connectivity index (χ1) is 24.7. The van der Waals surface area contributed by atoms with Crippen LogP contribution in [-0.4, -0.2) is 65.3 Å². The topological polar surface area (TPSA) is 138 Å². The van der Waals surface area contributed by atoms with E-state index in [0.717, 1.165) is 21.8 Å². The lowest BCUT2D eigenvalue weighted by molar-refractivity contribution is 0.309. The highest BCUT2D eigenvalue weighted by molar-refractivity contribution is 8.00. The molecule has 0 aliphatic heterocycles. The molecule has 6 rings (SSSR count). The molecule has 0 amide bonds. The number of para-hydroxylation sites is 2. The maximum atomic E-state index is 14.7. The van der Waals surface area contributed by atoms with E-state index in [2.05, 4.69) is 4.98 Å². The first-order valence-electron chi connectivity index (χ1n) is 15.4. The van der Waals surface area contributed by atoms with E-state index < -0.39 is 26.2 Å². The second-order valence-electron chi connectivity index (χ2n) is 10.8. The third kappa shape index (κ3) is 6.61. The minimum absolute atomic E-state index is 0.0272. The molecule has 2 aromatic heterocycles. The molecule has 51 heavy (non-hydrogen) atoms. The first-order valence-corrected chi connectivity index (χ1v) is 17.9. The molecular formula is C36H33FN2O10S2. The van der Waals surface area contributed by atoms with Gasteiger partial charge in [0.2, 0.25) is 16.9 Å². The van der Waals surface area contributed by atoms with E-state index in [4.69, 9.17) is 32.8 Å². The van der Waals surface area contributed by atoms with Gasteiger partial charge in [0.15, 0.2) is 22.4 Å². The summed E-state index contributed by atoms with van der Waals surface area (Å²) in [6.07, 6.45) is 0.347. The summed E-state index contributed by atoms with van der Waals surface area (Å²) in [6.45, 7) is 0.0272. The predicted molar refractivity (Wildman–Crippen MR) is 190 cm³/mol. The maximum absolute atomic E-state index is 14.7. The first kappa shape index (κ1) is 35.4. The van der Waals surface area contributed by atoms with Crippen LogP contribution in [0.5, 0.6) is 34.5 Å². The molecular weight excluding hydrogens is 704 g/mol. The number of methoxy groups -OCH3 is 5. The molecule has 6 aromatic rings. The summed E-state index contributed by atoms with van der Waals surface area (Å²) < 4.78 is 83.1. The van der Waals surface area contributed by atoms with Crippen LogP contribution < -0.4 is 33.8 Å². The fourth-order valence-electron chi connectivity index (χ4n) is 5.51. The van der Waals surface area contributed by atoms with Crippen molar-refractivity contribution in [2.45, 2.75) is 16.5 Å². The van der Waals surface area contributed by atoms with Gasteiger partial charge in [0, 0.05) is 23.4 Å². The fraction of sp³-hybridized carbons (Fsp3) is 0.222. The number of imidazole rings is 1. The van der Waals surface area contributed by atoms with Gasteiger partial charge in [-0.3, -0.25) is 4.79 Å². The standard InChI is InChI=1S/C36H33FN2O10S2/c1-43-22-19-26(44-2)31-27(20-22)49-33(21-17-28(45-3)34(47-5)29(18-21)46-4)35(32(31)40)48-15-10-16-50-36-38-24-12-7-8-13-25(24)39(36)51(41,42)30-14-9-6-11-23(30)37/h6-9,11-14,17-20H,10,15-16H2,1-5H3. The van der Waals surface area contributed by atoms with Gasteiger partial charge in [-0.05, 0) is 42.8 Å². The van der Waals surface area contributed by atoms with Gasteiger partial charge in [-0.2, -0.15) is 0 Å². The van der Waals surface area contributed by atoms with Crippen molar-refractivity contribution in [3.05, 3.63) is 88.8 Å². The maximum Gasteiger partial charge on any atom is 0.273 e. The van der Waals surface area contributed by atoms with E-state index in [1.165, 1.54) is 53.7 Å². The van der Waals surface area contributed by atoms with Crippen molar-refractivity contribution in [1.29, 1.82) is 0 Å². The Hall–Kier alpha value is -5.41. The summed E-state index contributed by atoms with van der Waals surface area (Å²) in [4.78, 5) is 18.2. The zero-order valence-electron chi connectivity index (χ0n) is 28.2. The Labute approximate surface area is 296 Å². The minimum atomic E-state index is -4.34. The molecule has 2 heterocycles. The van der Waals surface area contributed by atoms with Crippen molar-refractivity contribution in [2.24, 2.45) is 0 Å². The van der Waals surface area contributed by atoms with Gasteiger partial charge in [-0.25, -0.2) is 21.8 Å². The lowest BCUT2D eigenvalue weighted by Gasteiger charge is -2.17. The zero-order chi connectivity index (χ0) is 36.3. The smallest absolute Gasteiger partial charge is 0.273 e. The minimum Gasteiger partial charge on any atom is -0.496 e. The Morgan fingerprint density at radius 2 is 1.51 bits per heavy atom. The number of rotatable bonds is 14. The average molecular weight is 737 g/mol. The summed E-state index contributed by atoms with van der Waals surface area (Å²) in [7, 11) is 3.00. The van der Waals surface area contributed by atoms with Gasteiger partial charge < -0.3 is 32.8 Å². The molecule has 0 atom stereocenters. The lowest BCUT2D eigenvalue weighted by atomic mass is 10.1. The van der Waals surface area contributed by atoms with Crippen LogP contribution in [0.25, 0.3) is 33.3 Å². The molecule has 0 aliphatic rings. The van der Waals surface area contributed by atoms with Crippen LogP contribution in [-0.2, 0) is 10.0 Å². The third-order valence-electron chi connectivity index (χ3n) is 7.89. The van der Waals surface area contributed by atoms with E-state index in [0.29, 0.717) is 51.8 Å². The highest BCUT2D eigenvalue weighted by Gasteiger charge is 2.28. The highest BCUT2D eigenvalue weighted by Crippen LogP contribution is 2.44. The number of hydrogen-bond donors (Lipinski definition) is 0. The summed E-state index contributed by atoms with van der Waals surface area (Å²) >= 11 is 1.15. The van der Waals surface area contributed by atoms with Crippen molar-refractivity contribution in [2.75, 3.05) is 47.9 Å². The van der Waals surface area contributed by atoms with Gasteiger partial charge >= 0.3 is 0 Å². The normalized spacial score (nSPS) is 11.5. The Kier molecular flexibility index (Phi) is 10.3. The molecule has 0 radical (unpaired) electrons. The molecule has 266 valence electrons. The van der Waals surface area contributed by atoms with E-state index in [-0.39, 0.29) is 40.0 Å². The largest absolute Gasteiger partial charge is 0.496 e. The molecule has 0 bridgehead atoms. The van der Waals surface area contributed by atoms with Crippen LogP contribution in [0.3, 0.4) is 0 Å². The highest BCUT2D eigenvalue weighted by atomic mass is 32.2. The number of ether oxygens (including phenoxy) is 6. The predicted octanol–water partition coefficient (Wildman–Crippen LogP) is 6.79. The van der Waals surface area contributed by atoms with Crippen molar-refractivity contribution in [1.82, 2.24) is 8.96 Å². The van der Waals surface area contributed by atoms with Crippen LogP contribution in [0.15, 0.2) is 92.1 Å². The molecule has 4 aromatic carbocycles. The SMILES string of the molecule is COc1cc(OC)c2c(=O)c(OCCCSc3nc4ccccc4n3S(=O)(=O)c3ccccc3F)c(-c3cc(OC)c(OC)c(OC)c3)oc2c1. The Morgan fingerprint density at radius 1 is 0.824 bits per heavy atom. The summed E-state index contributed by atoms with van der Waals surface area (Å²) in [5.74, 6) is 1.09. The van der Waals surface area contributed by atoms with Crippen LogP contribution in [0, 0.1) is 5.82 Å². The quantitative estimate of drug-likeness (QED) is 0.0860. The number of nitrogens with zero attached hydrogens (tertiary/aromatic N) is 2. The molecule has 0 saturated carbocycles. The second-order valence-corrected chi connectivity index (χ2v) is 13.7. The van der Waals surface area contributed by atoms with Crippen molar-refractivity contribution in [3.8, 4) is 45.8 Å². The number of benzene rings is 4. The number of hydrogen-bond acceptors (Lipinski definition) is 12. The number of halogens is 1. The molecule has 0 unspecified atom stereocenters. The average Bonchev–Trinajstić information content (AvgIpc) is 3.53. The molecule has 0 aliphatic carbocycles. The van der Waals surface area contributed by atoms with Gasteiger partial charge in [-0.1, -0.05) is 36.0 Å². The summed E-state index contributed by atoms with van der Waals surface area (Å²) in [6, 6.07) is 18.3. The van der Waals surface area contributed by atoms with E-state index >= 15 is 0 Å². The molecule has 12 nitrogen and oxygen atoms in total. The molecule has 15 heteroatoms. The fourth-order valence-corrected chi connectivity index (χ4v) is 8.21. The lowest BCUT2D eigenvalue weighted by Crippen LogP contribution is -2.16. The van der Waals surface area contributed by atoms with Crippen LogP contribution >= 0.6 is 11.8 Å². The Morgan fingerprint density at radius 3 is 2.18 bits per heavy atom. The third-order valence-corrected chi connectivity index (χ3v) is 10.8. The van der Waals surface area contributed by atoms with Crippen molar-refractivity contribution in [3.63, 3.8) is 0 Å². The van der Waals surface area contributed by atoms with Crippen LogP contribution in [0.2, 0.25) is 0 Å².